The van der Waals surface area contributed by atoms with E-state index in [4.69, 9.17) is 26.3 Å². The van der Waals surface area contributed by atoms with Crippen LogP contribution in [0.3, 0.4) is 0 Å². The van der Waals surface area contributed by atoms with E-state index >= 15 is 0 Å². The molecular weight excluding hydrogens is 786 g/mol. The van der Waals surface area contributed by atoms with Crippen molar-refractivity contribution in [1.29, 1.82) is 5.26 Å². The van der Waals surface area contributed by atoms with Crippen molar-refractivity contribution in [2.45, 2.75) is 81.7 Å². The summed E-state index contributed by atoms with van der Waals surface area (Å²) in [5.41, 5.74) is 4.55. The minimum Gasteiger partial charge on any atom is -0.490 e. The average Bonchev–Trinajstić information content (AvgIpc) is 3.72. The standard InChI is InChI=1S/C45H48ClN7O7/c1-59-45(14-16-50(17-15-45)32-6-11-36-37(23-32)44(58)53(43(36)57)39-12-13-40(54)48-41(39)55)27-49-18-20-51(21-19-49)31-5-10-35-29(22-31)26-52(42(35)56)30-3-8-33(9-4-30)60-34-7-2-28(25-47)38(46)24-34/h2,5-7,10-11,22-24,30,33,39H,3-4,8-9,12-21,26-27H2,1H3,(H,48,54,55). The number of rotatable bonds is 9. The summed E-state index contributed by atoms with van der Waals surface area (Å²) in [6.45, 7) is 6.40. The first-order valence-corrected chi connectivity index (χ1v) is 21.3. The van der Waals surface area contributed by atoms with Crippen LogP contribution in [0.5, 0.6) is 5.75 Å². The zero-order valence-corrected chi connectivity index (χ0v) is 34.4. The number of piperazine rings is 1. The predicted octanol–water partition coefficient (Wildman–Crippen LogP) is 4.77. The summed E-state index contributed by atoms with van der Waals surface area (Å²) in [5.74, 6) is -1.25. The van der Waals surface area contributed by atoms with Gasteiger partial charge in [0.25, 0.3) is 17.7 Å². The molecule has 0 spiro atoms. The third-order valence-corrected chi connectivity index (χ3v) is 13.8. The quantitative estimate of drug-likeness (QED) is 0.297. The van der Waals surface area contributed by atoms with Gasteiger partial charge in [-0.15, -0.1) is 0 Å². The van der Waals surface area contributed by atoms with Crippen LogP contribution in [0.4, 0.5) is 11.4 Å². The molecule has 6 aliphatic rings. The number of hydrogen-bond donors (Lipinski definition) is 1. The molecule has 15 heteroatoms. The Balaban J connectivity index is 0.755. The second-order valence-electron chi connectivity index (χ2n) is 16.9. The Morgan fingerprint density at radius 2 is 1.47 bits per heavy atom. The highest BCUT2D eigenvalue weighted by atomic mass is 35.5. The molecule has 1 N–H and O–H groups in total. The molecule has 3 aromatic rings. The Hall–Kier alpha value is -5.49. The summed E-state index contributed by atoms with van der Waals surface area (Å²) in [6.07, 6.45) is 5.27. The van der Waals surface area contributed by atoms with E-state index in [1.807, 2.05) is 17.0 Å². The fourth-order valence-electron chi connectivity index (χ4n) is 9.97. The summed E-state index contributed by atoms with van der Waals surface area (Å²) >= 11 is 6.21. The van der Waals surface area contributed by atoms with E-state index < -0.39 is 29.7 Å². The number of anilines is 2. The Bertz CT molecular complexity index is 2290. The number of benzene rings is 3. The number of nitrogens with zero attached hydrogens (tertiary/aromatic N) is 6. The lowest BCUT2D eigenvalue weighted by atomic mass is 9.89. The van der Waals surface area contributed by atoms with Gasteiger partial charge in [0.1, 0.15) is 17.9 Å². The number of imide groups is 2. The zero-order valence-electron chi connectivity index (χ0n) is 33.7. The summed E-state index contributed by atoms with van der Waals surface area (Å²) in [7, 11) is 1.79. The Morgan fingerprint density at radius 3 is 2.15 bits per heavy atom. The fraction of sp³-hybridized carbons (Fsp3) is 0.467. The zero-order chi connectivity index (χ0) is 41.7. The van der Waals surface area contributed by atoms with Gasteiger partial charge in [-0.25, -0.2) is 0 Å². The van der Waals surface area contributed by atoms with E-state index in [0.29, 0.717) is 22.9 Å². The van der Waals surface area contributed by atoms with Crippen LogP contribution in [-0.2, 0) is 20.9 Å². The van der Waals surface area contributed by atoms with Crippen LogP contribution in [0.1, 0.15) is 93.6 Å². The maximum absolute atomic E-state index is 13.6. The molecule has 1 aliphatic carbocycles. The Kier molecular flexibility index (Phi) is 10.8. The first kappa shape index (κ1) is 39.9. The highest BCUT2D eigenvalue weighted by molar-refractivity contribution is 6.31. The van der Waals surface area contributed by atoms with Gasteiger partial charge in [-0.2, -0.15) is 5.26 Å². The van der Waals surface area contributed by atoms with Gasteiger partial charge in [-0.05, 0) is 99.0 Å². The molecule has 5 heterocycles. The van der Waals surface area contributed by atoms with Crippen LogP contribution in [-0.4, -0.2) is 121 Å². The third-order valence-electron chi connectivity index (χ3n) is 13.5. The second kappa shape index (κ2) is 16.2. The molecule has 9 rings (SSSR count). The molecule has 3 aromatic carbocycles. The number of amides is 5. The number of nitriles is 1. The van der Waals surface area contributed by atoms with Crippen molar-refractivity contribution in [2.75, 3.05) is 62.7 Å². The molecule has 14 nitrogen and oxygen atoms in total. The molecule has 5 amide bonds. The van der Waals surface area contributed by atoms with Crippen molar-refractivity contribution in [3.8, 4) is 11.8 Å². The van der Waals surface area contributed by atoms with Gasteiger partial charge < -0.3 is 24.2 Å². The maximum atomic E-state index is 13.6. The Labute approximate surface area is 353 Å². The largest absolute Gasteiger partial charge is 0.490 e. The molecule has 1 unspecified atom stereocenters. The number of ether oxygens (including phenoxy) is 2. The Morgan fingerprint density at radius 1 is 0.783 bits per heavy atom. The molecular formula is C45H48ClN7O7. The summed E-state index contributed by atoms with van der Waals surface area (Å²) < 4.78 is 12.4. The van der Waals surface area contributed by atoms with Gasteiger partial charge in [-0.3, -0.25) is 39.1 Å². The van der Waals surface area contributed by atoms with Gasteiger partial charge in [0.15, 0.2) is 0 Å². The van der Waals surface area contributed by atoms with Gasteiger partial charge >= 0.3 is 0 Å². The number of halogens is 1. The molecule has 4 fully saturated rings. The van der Waals surface area contributed by atoms with E-state index in [0.717, 1.165) is 112 Å². The van der Waals surface area contributed by atoms with Crippen molar-refractivity contribution in [3.63, 3.8) is 0 Å². The molecule has 1 saturated carbocycles. The van der Waals surface area contributed by atoms with Crippen molar-refractivity contribution in [2.24, 2.45) is 0 Å². The highest BCUT2D eigenvalue weighted by Gasteiger charge is 2.45. The number of methoxy groups -OCH3 is 1. The summed E-state index contributed by atoms with van der Waals surface area (Å²) in [6, 6.07) is 18.0. The van der Waals surface area contributed by atoms with E-state index in [1.54, 1.807) is 37.4 Å². The van der Waals surface area contributed by atoms with Crippen LogP contribution in [0.15, 0.2) is 54.6 Å². The van der Waals surface area contributed by atoms with Crippen molar-refractivity contribution < 1.29 is 33.4 Å². The molecule has 0 radical (unpaired) electrons. The third kappa shape index (κ3) is 7.48. The van der Waals surface area contributed by atoms with Crippen molar-refractivity contribution in [1.82, 2.24) is 20.0 Å². The van der Waals surface area contributed by atoms with Crippen LogP contribution < -0.4 is 19.9 Å². The predicted molar refractivity (Wildman–Crippen MR) is 222 cm³/mol. The first-order valence-electron chi connectivity index (χ1n) is 21.0. The van der Waals surface area contributed by atoms with E-state index in [1.165, 1.54) is 0 Å². The van der Waals surface area contributed by atoms with E-state index in [9.17, 15) is 24.0 Å². The van der Waals surface area contributed by atoms with E-state index in [-0.39, 0.29) is 47.6 Å². The SMILES string of the molecule is COC1(CN2CCN(c3ccc4c(c3)CN(C3CCC(Oc5ccc(C#N)c(Cl)c5)CC3)C4=O)CC2)CCN(c2ccc3c(c2)C(=O)N(C2CCC(=O)NC2=O)C3=O)CC1. The smallest absolute Gasteiger partial charge is 0.262 e. The number of carbonyl (C=O) groups is 5. The number of hydrogen-bond acceptors (Lipinski definition) is 11. The highest BCUT2D eigenvalue weighted by Crippen LogP contribution is 2.37. The minimum absolute atomic E-state index is 0.0442. The number of carbonyl (C=O) groups excluding carboxylic acids is 5. The van der Waals surface area contributed by atoms with Crippen LogP contribution >= 0.6 is 11.6 Å². The van der Waals surface area contributed by atoms with Gasteiger partial charge in [0, 0.05) is 94.9 Å². The topological polar surface area (TPSA) is 156 Å². The summed E-state index contributed by atoms with van der Waals surface area (Å²) in [5, 5.41) is 11.8. The number of nitrogens with one attached hydrogen (secondary N) is 1. The van der Waals surface area contributed by atoms with Crippen LogP contribution in [0, 0.1) is 11.3 Å². The normalized spacial score (nSPS) is 24.4. The molecule has 0 bridgehead atoms. The van der Waals surface area contributed by atoms with Crippen molar-refractivity contribution >= 4 is 52.5 Å². The van der Waals surface area contributed by atoms with Gasteiger partial charge in [0.2, 0.25) is 11.8 Å². The molecule has 60 heavy (non-hydrogen) atoms. The van der Waals surface area contributed by atoms with Crippen molar-refractivity contribution in [3.05, 3.63) is 87.4 Å². The average molecular weight is 834 g/mol. The molecule has 1 atom stereocenters. The minimum atomic E-state index is -0.990. The maximum Gasteiger partial charge on any atom is 0.262 e. The second-order valence-corrected chi connectivity index (χ2v) is 17.3. The molecule has 312 valence electrons. The molecule has 5 aliphatic heterocycles. The van der Waals surface area contributed by atoms with Gasteiger partial charge in [-0.1, -0.05) is 11.6 Å². The number of piperidine rings is 2. The fourth-order valence-corrected chi connectivity index (χ4v) is 10.2. The number of fused-ring (bicyclic) bond motifs is 2. The first-order chi connectivity index (χ1) is 29.0. The lowest BCUT2D eigenvalue weighted by Gasteiger charge is -2.46. The summed E-state index contributed by atoms with van der Waals surface area (Å²) in [4.78, 5) is 74.5. The van der Waals surface area contributed by atoms with E-state index in [2.05, 4.69) is 38.2 Å². The molecule has 3 saturated heterocycles. The van der Waals surface area contributed by atoms with Crippen LogP contribution in [0.2, 0.25) is 5.02 Å². The van der Waals surface area contributed by atoms with Crippen LogP contribution in [0.25, 0.3) is 0 Å². The molecule has 0 aromatic heterocycles. The monoisotopic (exact) mass is 833 g/mol. The van der Waals surface area contributed by atoms with Gasteiger partial charge in [0.05, 0.1) is 33.4 Å². The lowest BCUT2D eigenvalue weighted by Crippen LogP contribution is -2.56. The lowest BCUT2D eigenvalue weighted by molar-refractivity contribution is -0.136.